The number of nitrogens with zero attached hydrogens (tertiary/aromatic N) is 3. The summed E-state index contributed by atoms with van der Waals surface area (Å²) in [6, 6.07) is 11.1. The third kappa shape index (κ3) is 4.77. The van der Waals surface area contributed by atoms with Gasteiger partial charge < -0.3 is 25.4 Å². The molecule has 3 aromatic rings. The van der Waals surface area contributed by atoms with Crippen molar-refractivity contribution in [2.24, 2.45) is 0 Å². The first-order valence-corrected chi connectivity index (χ1v) is 12.5. The van der Waals surface area contributed by atoms with Crippen molar-refractivity contribution < 1.29 is 14.6 Å². The molecule has 3 N–H and O–H groups in total. The van der Waals surface area contributed by atoms with Gasteiger partial charge in [0.2, 0.25) is 5.88 Å². The number of amides is 2. The number of nitriles is 1. The molecule has 2 aliphatic rings. The van der Waals surface area contributed by atoms with Crippen LogP contribution in [0, 0.1) is 11.3 Å². The predicted octanol–water partition coefficient (Wildman–Crippen LogP) is 5.23. The van der Waals surface area contributed by atoms with E-state index in [1.165, 1.54) is 7.11 Å². The Kier molecular flexibility index (Phi) is 6.61. The molecule has 186 valence electrons. The second-order valence-electron chi connectivity index (χ2n) is 9.55. The molecule has 1 aliphatic heterocycles. The number of hydrogen-bond acceptors (Lipinski definition) is 6. The van der Waals surface area contributed by atoms with Gasteiger partial charge in [0.15, 0.2) is 0 Å². The van der Waals surface area contributed by atoms with Crippen molar-refractivity contribution in [3.05, 3.63) is 46.5 Å². The van der Waals surface area contributed by atoms with Crippen molar-refractivity contribution in [1.82, 2.24) is 15.2 Å². The Bertz CT molecular complexity index is 1370. The van der Waals surface area contributed by atoms with Gasteiger partial charge in [0.1, 0.15) is 10.8 Å². The van der Waals surface area contributed by atoms with Crippen LogP contribution >= 0.6 is 11.6 Å². The van der Waals surface area contributed by atoms with E-state index in [2.05, 4.69) is 33.6 Å². The number of anilines is 1. The molecule has 36 heavy (non-hydrogen) atoms. The molecule has 0 unspecified atom stereocenters. The number of nitrogens with one attached hydrogen (secondary N) is 2. The summed E-state index contributed by atoms with van der Waals surface area (Å²) >= 11 is 6.47. The van der Waals surface area contributed by atoms with Crippen molar-refractivity contribution >= 4 is 34.2 Å². The largest absolute Gasteiger partial charge is 0.506 e. The van der Waals surface area contributed by atoms with Crippen LogP contribution in [0.3, 0.4) is 0 Å². The molecular weight excluding hydrogens is 478 g/mol. The van der Waals surface area contributed by atoms with Gasteiger partial charge in [-0.1, -0.05) is 11.6 Å². The van der Waals surface area contributed by atoms with E-state index in [-0.39, 0.29) is 28.8 Å². The molecule has 0 atom stereocenters. The topological polar surface area (TPSA) is 111 Å². The van der Waals surface area contributed by atoms with Crippen LogP contribution in [0.4, 0.5) is 10.5 Å². The van der Waals surface area contributed by atoms with Crippen LogP contribution < -0.4 is 15.4 Å². The number of carbonyl (C=O) groups excluding carboxylic acids is 1. The fourth-order valence-corrected chi connectivity index (χ4v) is 5.01. The zero-order valence-electron chi connectivity index (χ0n) is 20.3. The summed E-state index contributed by atoms with van der Waals surface area (Å²) in [5, 5.41) is 27.3. The van der Waals surface area contributed by atoms with E-state index in [9.17, 15) is 15.2 Å². The molecule has 2 fully saturated rings. The van der Waals surface area contributed by atoms with Gasteiger partial charge in [0.05, 0.1) is 29.9 Å². The zero-order valence-corrected chi connectivity index (χ0v) is 21.0. The zero-order chi connectivity index (χ0) is 25.4. The van der Waals surface area contributed by atoms with Gasteiger partial charge in [0.25, 0.3) is 0 Å². The van der Waals surface area contributed by atoms with Gasteiger partial charge in [-0.05, 0) is 81.6 Å². The lowest BCUT2D eigenvalue weighted by molar-refractivity contribution is 0.251. The van der Waals surface area contributed by atoms with Gasteiger partial charge in [-0.25, -0.2) is 9.78 Å². The van der Waals surface area contributed by atoms with Crippen LogP contribution in [0.1, 0.15) is 42.7 Å². The van der Waals surface area contributed by atoms with Crippen LogP contribution in [-0.2, 0) is 0 Å². The second-order valence-corrected chi connectivity index (χ2v) is 9.93. The average Bonchev–Trinajstić information content (AvgIpc) is 3.70. The molecule has 1 aromatic heterocycles. The van der Waals surface area contributed by atoms with Gasteiger partial charge in [-0.2, -0.15) is 5.26 Å². The SMILES string of the molecule is COc1cc(-c2ccc(NC(=O)NC3CC3)c(Cl)c2O)c2cc(C#N)c(C3CCN(C)CC3)cc2n1. The molecule has 0 spiro atoms. The number of benzene rings is 2. The number of likely N-dealkylation sites (tertiary alicyclic amines) is 1. The Balaban J connectivity index is 1.57. The summed E-state index contributed by atoms with van der Waals surface area (Å²) in [6.45, 7) is 1.96. The average molecular weight is 506 g/mol. The third-order valence-corrected chi connectivity index (χ3v) is 7.39. The monoisotopic (exact) mass is 505 g/mol. The molecule has 1 aliphatic carbocycles. The van der Waals surface area contributed by atoms with E-state index in [1.54, 1.807) is 18.2 Å². The molecule has 9 heteroatoms. The Labute approximate surface area is 214 Å². The summed E-state index contributed by atoms with van der Waals surface area (Å²) in [4.78, 5) is 19.1. The van der Waals surface area contributed by atoms with Gasteiger partial charge in [-0.3, -0.25) is 0 Å². The lowest BCUT2D eigenvalue weighted by Crippen LogP contribution is -2.30. The van der Waals surface area contributed by atoms with Crippen molar-refractivity contribution in [2.45, 2.75) is 37.6 Å². The highest BCUT2D eigenvalue weighted by Crippen LogP contribution is 2.44. The minimum absolute atomic E-state index is 0.0332. The summed E-state index contributed by atoms with van der Waals surface area (Å²) in [5.74, 6) is 0.498. The number of piperidine rings is 1. The summed E-state index contributed by atoms with van der Waals surface area (Å²) < 4.78 is 5.47. The number of halogens is 1. The number of fused-ring (bicyclic) bond motifs is 1. The molecule has 2 heterocycles. The van der Waals surface area contributed by atoms with Gasteiger partial charge >= 0.3 is 6.03 Å². The predicted molar refractivity (Wildman–Crippen MR) is 140 cm³/mol. The van der Waals surface area contributed by atoms with Crippen LogP contribution in [-0.4, -0.2) is 54.3 Å². The Morgan fingerprint density at radius 3 is 2.61 bits per heavy atom. The smallest absolute Gasteiger partial charge is 0.319 e. The number of aromatic hydroxyl groups is 1. The van der Waals surface area contributed by atoms with E-state index < -0.39 is 0 Å². The highest BCUT2D eigenvalue weighted by molar-refractivity contribution is 6.35. The third-order valence-electron chi connectivity index (χ3n) is 7.01. The molecule has 0 bridgehead atoms. The standard InChI is InChI=1S/C27H28ClN5O3/c1-33-9-7-15(8-10-33)19-12-23-21(11-16(19)14-29)20(13-24(31-23)36-2)18-5-6-22(25(28)26(18)34)32-27(35)30-17-3-4-17/h5-6,11-13,15,17,34H,3-4,7-10H2,1-2H3,(H2,30,32,35). The molecule has 2 amide bonds. The van der Waals surface area contributed by atoms with Crippen LogP contribution in [0.15, 0.2) is 30.3 Å². The minimum atomic E-state index is -0.359. The maximum Gasteiger partial charge on any atom is 0.319 e. The maximum atomic E-state index is 12.2. The molecule has 2 aromatic carbocycles. The molecule has 5 rings (SSSR count). The second kappa shape index (κ2) is 9.84. The van der Waals surface area contributed by atoms with Crippen molar-refractivity contribution in [3.8, 4) is 28.8 Å². The number of methoxy groups -OCH3 is 1. The number of carbonyl (C=O) groups is 1. The lowest BCUT2D eigenvalue weighted by Gasteiger charge is -2.29. The van der Waals surface area contributed by atoms with Crippen LogP contribution in [0.5, 0.6) is 11.6 Å². The minimum Gasteiger partial charge on any atom is -0.506 e. The van der Waals surface area contributed by atoms with Crippen molar-refractivity contribution in [1.29, 1.82) is 5.26 Å². The normalized spacial score (nSPS) is 16.5. The van der Waals surface area contributed by atoms with Crippen LogP contribution in [0.2, 0.25) is 5.02 Å². The van der Waals surface area contributed by atoms with E-state index in [0.29, 0.717) is 39.2 Å². The fourth-order valence-electron chi connectivity index (χ4n) is 4.80. The van der Waals surface area contributed by atoms with Crippen molar-refractivity contribution in [2.75, 3.05) is 32.6 Å². The number of rotatable bonds is 5. The Morgan fingerprint density at radius 2 is 1.94 bits per heavy atom. The molecular formula is C27H28ClN5O3. The number of hydrogen-bond donors (Lipinski definition) is 3. The van der Waals surface area contributed by atoms with Crippen LogP contribution in [0.25, 0.3) is 22.0 Å². The first-order valence-electron chi connectivity index (χ1n) is 12.1. The number of phenols is 1. The molecule has 1 saturated heterocycles. The lowest BCUT2D eigenvalue weighted by atomic mass is 9.85. The Morgan fingerprint density at radius 1 is 1.19 bits per heavy atom. The first kappa shape index (κ1) is 24.2. The molecule has 8 nitrogen and oxygen atoms in total. The van der Waals surface area contributed by atoms with Gasteiger partial charge in [0, 0.05) is 28.6 Å². The number of ether oxygens (including phenoxy) is 1. The summed E-state index contributed by atoms with van der Waals surface area (Å²) in [5.41, 5.74) is 3.67. The maximum absolute atomic E-state index is 12.2. The highest BCUT2D eigenvalue weighted by atomic mass is 35.5. The Hall–Kier alpha value is -3.54. The number of pyridine rings is 1. The van der Waals surface area contributed by atoms with Gasteiger partial charge in [-0.15, -0.1) is 0 Å². The quantitative estimate of drug-likeness (QED) is 0.437. The first-order chi connectivity index (χ1) is 17.4. The molecule has 1 saturated carbocycles. The van der Waals surface area contributed by atoms with E-state index in [1.807, 2.05) is 12.1 Å². The summed E-state index contributed by atoms with van der Waals surface area (Å²) in [6.07, 6.45) is 3.89. The number of aromatic nitrogens is 1. The fraction of sp³-hybridized carbons (Fsp3) is 0.370. The highest BCUT2D eigenvalue weighted by Gasteiger charge is 2.25. The number of phenolic OH excluding ortho intramolecular Hbond substituents is 1. The van der Waals surface area contributed by atoms with E-state index >= 15 is 0 Å². The van der Waals surface area contributed by atoms with Crippen molar-refractivity contribution in [3.63, 3.8) is 0 Å². The molecule has 0 radical (unpaired) electrons. The summed E-state index contributed by atoms with van der Waals surface area (Å²) in [7, 11) is 3.65. The number of urea groups is 1. The van der Waals surface area contributed by atoms with E-state index in [4.69, 9.17) is 16.3 Å². The van der Waals surface area contributed by atoms with E-state index in [0.717, 1.165) is 44.3 Å².